The Morgan fingerprint density at radius 1 is 1.25 bits per heavy atom. The van der Waals surface area contributed by atoms with Crippen molar-refractivity contribution in [2.45, 2.75) is 25.5 Å². The van der Waals surface area contributed by atoms with E-state index in [9.17, 15) is 9.90 Å². The van der Waals surface area contributed by atoms with Crippen molar-refractivity contribution in [2.75, 3.05) is 7.11 Å². The van der Waals surface area contributed by atoms with E-state index < -0.39 is 5.72 Å². The lowest BCUT2D eigenvalue weighted by atomic mass is 9.96. The van der Waals surface area contributed by atoms with Gasteiger partial charge in [0.25, 0.3) is 5.91 Å². The smallest absolute Gasteiger partial charge is 0.276 e. The molecule has 2 aromatic carbocycles. The van der Waals surface area contributed by atoms with E-state index in [1.807, 2.05) is 13.0 Å². The molecule has 0 spiro atoms. The summed E-state index contributed by atoms with van der Waals surface area (Å²) in [6.45, 7) is 1.96. The van der Waals surface area contributed by atoms with Crippen molar-refractivity contribution in [2.24, 2.45) is 5.10 Å². The van der Waals surface area contributed by atoms with Crippen LogP contribution in [0.25, 0.3) is 0 Å². The number of carbonyl (C=O) groups is 1. The highest BCUT2D eigenvalue weighted by Crippen LogP contribution is 2.38. The fraction of sp³-hybridized carbons (Fsp3) is 0.263. The van der Waals surface area contributed by atoms with Crippen LogP contribution < -0.4 is 4.74 Å². The lowest BCUT2D eigenvalue weighted by molar-refractivity contribution is -0.0766. The quantitative estimate of drug-likeness (QED) is 0.940. The normalized spacial score (nSPS) is 20.0. The highest BCUT2D eigenvalue weighted by Gasteiger charge is 2.45. The Labute approximate surface area is 141 Å². The Hall–Kier alpha value is -2.66. The lowest BCUT2D eigenvalue weighted by Crippen LogP contribution is -2.43. The molecule has 0 aromatic heterocycles. The Morgan fingerprint density at radius 3 is 2.67 bits per heavy atom. The van der Waals surface area contributed by atoms with Crippen molar-refractivity contribution in [3.05, 3.63) is 65.7 Å². The van der Waals surface area contributed by atoms with Crippen LogP contribution in [-0.2, 0) is 5.72 Å². The standard InChI is InChI=1S/C19H20N2O3/c1-3-16-13-19(23,15-10-7-11-17(12-15)24-2)21(20-16)18(22)14-8-5-4-6-9-14/h4-12,23H,3,13H2,1-2H3/t19-/m1/s1. The second-order valence-corrected chi connectivity index (χ2v) is 5.73. The minimum atomic E-state index is -1.51. The molecule has 1 heterocycles. The van der Waals surface area contributed by atoms with Crippen LogP contribution in [0.5, 0.6) is 5.75 Å². The van der Waals surface area contributed by atoms with Crippen LogP contribution in [0.2, 0.25) is 0 Å². The van der Waals surface area contributed by atoms with Crippen molar-refractivity contribution in [3.63, 3.8) is 0 Å². The molecule has 0 unspecified atom stereocenters. The van der Waals surface area contributed by atoms with E-state index in [-0.39, 0.29) is 12.3 Å². The minimum Gasteiger partial charge on any atom is -0.497 e. The fourth-order valence-corrected chi connectivity index (χ4v) is 2.83. The van der Waals surface area contributed by atoms with E-state index in [1.165, 1.54) is 5.01 Å². The monoisotopic (exact) mass is 324 g/mol. The second-order valence-electron chi connectivity index (χ2n) is 5.73. The maximum Gasteiger partial charge on any atom is 0.276 e. The van der Waals surface area contributed by atoms with Crippen LogP contribution in [0.1, 0.15) is 35.7 Å². The first kappa shape index (κ1) is 16.2. The molecule has 0 bridgehead atoms. The van der Waals surface area contributed by atoms with Crippen LogP contribution in [0, 0.1) is 0 Å². The molecule has 0 radical (unpaired) electrons. The average Bonchev–Trinajstić information content (AvgIpc) is 3.00. The molecule has 124 valence electrons. The van der Waals surface area contributed by atoms with E-state index in [0.717, 1.165) is 5.71 Å². The van der Waals surface area contributed by atoms with Gasteiger partial charge in [0.05, 0.1) is 7.11 Å². The molecule has 0 saturated heterocycles. The maximum absolute atomic E-state index is 12.9. The average molecular weight is 324 g/mol. The zero-order valence-corrected chi connectivity index (χ0v) is 13.8. The van der Waals surface area contributed by atoms with E-state index in [0.29, 0.717) is 23.3 Å². The summed E-state index contributed by atoms with van der Waals surface area (Å²) < 4.78 is 5.24. The minimum absolute atomic E-state index is 0.287. The van der Waals surface area contributed by atoms with Gasteiger partial charge in [0.2, 0.25) is 0 Å². The van der Waals surface area contributed by atoms with Crippen LogP contribution in [0.3, 0.4) is 0 Å². The number of carbonyl (C=O) groups excluding carboxylic acids is 1. The van der Waals surface area contributed by atoms with Crippen LogP contribution >= 0.6 is 0 Å². The highest BCUT2D eigenvalue weighted by atomic mass is 16.5. The van der Waals surface area contributed by atoms with Gasteiger partial charge in [0.15, 0.2) is 5.72 Å². The van der Waals surface area contributed by atoms with Gasteiger partial charge in [-0.1, -0.05) is 37.3 Å². The van der Waals surface area contributed by atoms with Crippen molar-refractivity contribution in [3.8, 4) is 5.75 Å². The Kier molecular flexibility index (Phi) is 4.36. The molecule has 1 aliphatic rings. The molecule has 24 heavy (non-hydrogen) atoms. The molecule has 2 aromatic rings. The van der Waals surface area contributed by atoms with Gasteiger partial charge in [-0.3, -0.25) is 4.79 Å². The third kappa shape index (κ3) is 2.78. The van der Waals surface area contributed by atoms with Crippen molar-refractivity contribution in [1.29, 1.82) is 0 Å². The van der Waals surface area contributed by atoms with E-state index in [1.54, 1.807) is 55.6 Å². The first-order chi connectivity index (χ1) is 11.6. The molecule has 0 saturated carbocycles. The summed E-state index contributed by atoms with van der Waals surface area (Å²) in [4.78, 5) is 12.9. The second kappa shape index (κ2) is 6.45. The number of methoxy groups -OCH3 is 1. The number of benzene rings is 2. The van der Waals surface area contributed by atoms with Crippen molar-refractivity contribution in [1.82, 2.24) is 5.01 Å². The molecule has 5 heteroatoms. The molecule has 1 aliphatic heterocycles. The topological polar surface area (TPSA) is 62.1 Å². The summed E-state index contributed by atoms with van der Waals surface area (Å²) in [5, 5.41) is 16.9. The summed E-state index contributed by atoms with van der Waals surface area (Å²) in [6, 6.07) is 16.0. The molecule has 5 nitrogen and oxygen atoms in total. The molecule has 0 fully saturated rings. The summed E-state index contributed by atoms with van der Waals surface area (Å²) >= 11 is 0. The van der Waals surface area contributed by atoms with Gasteiger partial charge in [0.1, 0.15) is 5.75 Å². The SMILES string of the molecule is CCC1=NN(C(=O)c2ccccc2)[C@](O)(c2cccc(OC)c2)C1. The number of amides is 1. The number of ether oxygens (including phenoxy) is 1. The number of aliphatic hydroxyl groups is 1. The Balaban J connectivity index is 2.03. The highest BCUT2D eigenvalue weighted by molar-refractivity contribution is 5.98. The number of hydrazone groups is 1. The summed E-state index contributed by atoms with van der Waals surface area (Å²) in [6.07, 6.45) is 0.958. The molecule has 1 atom stereocenters. The number of hydrogen-bond acceptors (Lipinski definition) is 4. The van der Waals surface area contributed by atoms with Gasteiger partial charge in [0, 0.05) is 23.3 Å². The summed E-state index contributed by atoms with van der Waals surface area (Å²) in [7, 11) is 1.57. The Morgan fingerprint density at radius 2 is 2.00 bits per heavy atom. The Bertz CT molecular complexity index is 773. The third-order valence-electron chi connectivity index (χ3n) is 4.20. The molecule has 0 aliphatic carbocycles. The molecule has 3 rings (SSSR count). The maximum atomic E-state index is 12.9. The largest absolute Gasteiger partial charge is 0.497 e. The van der Waals surface area contributed by atoms with Crippen LogP contribution in [0.15, 0.2) is 59.7 Å². The number of nitrogens with zero attached hydrogens (tertiary/aromatic N) is 2. The van der Waals surface area contributed by atoms with E-state index in [2.05, 4.69) is 5.10 Å². The van der Waals surface area contributed by atoms with Gasteiger partial charge in [-0.05, 0) is 30.7 Å². The van der Waals surface area contributed by atoms with Gasteiger partial charge >= 0.3 is 0 Å². The van der Waals surface area contributed by atoms with Gasteiger partial charge in [-0.25, -0.2) is 0 Å². The van der Waals surface area contributed by atoms with Crippen molar-refractivity contribution < 1.29 is 14.6 Å². The number of rotatable bonds is 4. The fourth-order valence-electron chi connectivity index (χ4n) is 2.83. The lowest BCUT2D eigenvalue weighted by Gasteiger charge is -2.31. The van der Waals surface area contributed by atoms with Crippen LogP contribution in [-0.4, -0.2) is 28.8 Å². The van der Waals surface area contributed by atoms with Crippen molar-refractivity contribution >= 4 is 11.6 Å². The molecular formula is C19H20N2O3. The first-order valence-corrected chi connectivity index (χ1v) is 7.91. The predicted molar refractivity (Wildman–Crippen MR) is 91.8 cm³/mol. The van der Waals surface area contributed by atoms with Crippen LogP contribution in [0.4, 0.5) is 0 Å². The van der Waals surface area contributed by atoms with E-state index >= 15 is 0 Å². The summed E-state index contributed by atoms with van der Waals surface area (Å²) in [5.74, 6) is 0.294. The van der Waals surface area contributed by atoms with Gasteiger partial charge < -0.3 is 9.84 Å². The number of hydrogen-bond donors (Lipinski definition) is 1. The first-order valence-electron chi connectivity index (χ1n) is 7.91. The molecule has 1 N–H and O–H groups in total. The van der Waals surface area contributed by atoms with Gasteiger partial charge in [-0.2, -0.15) is 10.1 Å². The zero-order chi connectivity index (χ0) is 17.2. The summed E-state index contributed by atoms with van der Waals surface area (Å²) in [5.41, 5.74) is 0.343. The third-order valence-corrected chi connectivity index (χ3v) is 4.20. The predicted octanol–water partition coefficient (Wildman–Crippen LogP) is 3.15. The molecule has 1 amide bonds. The molecular weight excluding hydrogens is 304 g/mol. The van der Waals surface area contributed by atoms with E-state index in [4.69, 9.17) is 4.74 Å². The van der Waals surface area contributed by atoms with Gasteiger partial charge in [-0.15, -0.1) is 0 Å². The zero-order valence-electron chi connectivity index (χ0n) is 13.8.